The first-order valence-corrected chi connectivity index (χ1v) is 16.4. The number of hydrogen-bond donors (Lipinski definition) is 0. The van der Waals surface area contributed by atoms with Crippen LogP contribution < -0.4 is 4.74 Å². The number of esters is 2. The number of carbonyl (C=O) groups excluding carboxylic acids is 3. The lowest BCUT2D eigenvalue weighted by Gasteiger charge is -2.36. The molecule has 0 saturated carbocycles. The first kappa shape index (κ1) is 35.1. The molecule has 0 spiro atoms. The number of methoxy groups -OCH3 is 3. The van der Waals surface area contributed by atoms with Gasteiger partial charge in [-0.3, -0.25) is 24.5 Å². The van der Waals surface area contributed by atoms with Crippen LogP contribution in [0, 0.1) is 5.92 Å². The van der Waals surface area contributed by atoms with Crippen molar-refractivity contribution in [2.45, 2.75) is 31.7 Å². The number of halogens is 2. The molecule has 5 rings (SSSR count). The zero-order valence-electron chi connectivity index (χ0n) is 27.2. The molecule has 2 aromatic carbocycles. The highest BCUT2D eigenvalue weighted by Crippen LogP contribution is 2.46. The van der Waals surface area contributed by atoms with E-state index in [1.165, 1.54) is 14.2 Å². The van der Waals surface area contributed by atoms with Crippen LogP contribution in [0.5, 0.6) is 5.75 Å². The lowest BCUT2D eigenvalue weighted by Crippen LogP contribution is -2.48. The predicted octanol–water partition coefficient (Wildman–Crippen LogP) is 5.52. The number of aryl methyl sites for hydroxylation is 1. The third-order valence-corrected chi connectivity index (χ3v) is 9.47. The Balaban J connectivity index is 1.52. The number of amides is 1. The number of hydrogen-bond acceptors (Lipinski definition) is 9. The Morgan fingerprint density at radius 3 is 2.19 bits per heavy atom. The topological polar surface area (TPSA) is 111 Å². The number of piperazine rings is 1. The molecule has 1 fully saturated rings. The van der Waals surface area contributed by atoms with Crippen molar-refractivity contribution >= 4 is 46.8 Å². The van der Waals surface area contributed by atoms with Crippen LogP contribution in [0.25, 0.3) is 0 Å². The highest BCUT2D eigenvalue weighted by Gasteiger charge is 2.46. The summed E-state index contributed by atoms with van der Waals surface area (Å²) in [6.45, 7) is 3.16. The van der Waals surface area contributed by atoms with Gasteiger partial charge in [0.25, 0.3) is 0 Å². The number of ether oxygens (including phenoxy) is 3. The van der Waals surface area contributed by atoms with Crippen molar-refractivity contribution in [1.29, 1.82) is 0 Å². The first-order chi connectivity index (χ1) is 23.2. The molecule has 2 unspecified atom stereocenters. The SMILES string of the molecule is COC(=O)C1=C(CC(=O)N2CCN(Cc3ccncc3)CC2)N=C(CCc2ccccc2OC)C(C(=O)OC)C1c1c(Cl)cccc1Cl. The van der Waals surface area contributed by atoms with Gasteiger partial charge < -0.3 is 19.1 Å². The maximum atomic E-state index is 13.9. The van der Waals surface area contributed by atoms with Crippen LogP contribution >= 0.6 is 23.2 Å². The minimum absolute atomic E-state index is 0.0496. The number of carbonyl (C=O) groups is 3. The molecule has 0 radical (unpaired) electrons. The van der Waals surface area contributed by atoms with Crippen molar-refractivity contribution in [1.82, 2.24) is 14.8 Å². The van der Waals surface area contributed by atoms with E-state index in [-0.39, 0.29) is 33.6 Å². The van der Waals surface area contributed by atoms with Gasteiger partial charge in [0.2, 0.25) is 5.91 Å². The van der Waals surface area contributed by atoms with Gasteiger partial charge >= 0.3 is 11.9 Å². The molecule has 48 heavy (non-hydrogen) atoms. The number of nitrogens with zero attached hydrogens (tertiary/aromatic N) is 4. The number of pyridine rings is 1. The van der Waals surface area contributed by atoms with Crippen molar-refractivity contribution in [2.24, 2.45) is 10.9 Å². The smallest absolute Gasteiger partial charge is 0.336 e. The lowest BCUT2D eigenvalue weighted by molar-refractivity contribution is -0.143. The van der Waals surface area contributed by atoms with E-state index in [2.05, 4.69) is 9.88 Å². The summed E-state index contributed by atoms with van der Waals surface area (Å²) in [6.07, 6.45) is 4.13. The monoisotopic (exact) mass is 692 g/mol. The van der Waals surface area contributed by atoms with Gasteiger partial charge in [0.1, 0.15) is 11.7 Å². The summed E-state index contributed by atoms with van der Waals surface area (Å²) in [7, 11) is 4.12. The Morgan fingerprint density at radius 2 is 1.54 bits per heavy atom. The van der Waals surface area contributed by atoms with Crippen molar-refractivity contribution < 1.29 is 28.6 Å². The van der Waals surface area contributed by atoms with E-state index in [9.17, 15) is 14.4 Å². The molecule has 3 aromatic rings. The average molecular weight is 694 g/mol. The molecule has 12 heteroatoms. The van der Waals surface area contributed by atoms with Crippen molar-refractivity contribution in [3.8, 4) is 5.75 Å². The van der Waals surface area contributed by atoms with E-state index < -0.39 is 23.8 Å². The van der Waals surface area contributed by atoms with Gasteiger partial charge in [0.15, 0.2) is 0 Å². The molecule has 1 aromatic heterocycles. The molecular formula is C36H38Cl2N4O6. The normalized spacial score (nSPS) is 18.3. The van der Waals surface area contributed by atoms with Crippen LogP contribution in [0.2, 0.25) is 10.0 Å². The number of para-hydroxylation sites is 1. The Hall–Kier alpha value is -4.25. The van der Waals surface area contributed by atoms with E-state index in [0.717, 1.165) is 17.7 Å². The molecule has 2 atom stereocenters. The molecule has 0 aliphatic carbocycles. The van der Waals surface area contributed by atoms with E-state index in [1.54, 1.807) is 42.6 Å². The van der Waals surface area contributed by atoms with Gasteiger partial charge in [-0.15, -0.1) is 0 Å². The molecule has 0 bridgehead atoms. The second kappa shape index (κ2) is 16.2. The van der Waals surface area contributed by atoms with E-state index in [1.807, 2.05) is 36.4 Å². The Kier molecular flexibility index (Phi) is 11.9. The first-order valence-electron chi connectivity index (χ1n) is 15.7. The predicted molar refractivity (Wildman–Crippen MR) is 183 cm³/mol. The van der Waals surface area contributed by atoms with Crippen LogP contribution in [0.3, 0.4) is 0 Å². The summed E-state index contributed by atoms with van der Waals surface area (Å²) < 4.78 is 16.1. The van der Waals surface area contributed by atoms with Crippen LogP contribution in [0.1, 0.15) is 35.4 Å². The molecular weight excluding hydrogens is 655 g/mol. The zero-order chi connectivity index (χ0) is 34.2. The van der Waals surface area contributed by atoms with Crippen LogP contribution in [0.15, 0.2) is 83.3 Å². The largest absolute Gasteiger partial charge is 0.496 e. The minimum atomic E-state index is -1.06. The molecule has 1 amide bonds. The van der Waals surface area contributed by atoms with Gasteiger partial charge in [-0.25, -0.2) is 4.79 Å². The van der Waals surface area contributed by atoms with Crippen molar-refractivity contribution in [3.63, 3.8) is 0 Å². The maximum absolute atomic E-state index is 13.9. The van der Waals surface area contributed by atoms with Crippen LogP contribution in [-0.2, 0) is 36.8 Å². The molecule has 0 N–H and O–H groups in total. The van der Waals surface area contributed by atoms with Gasteiger partial charge in [-0.05, 0) is 59.9 Å². The van der Waals surface area contributed by atoms with Gasteiger partial charge in [0.05, 0.1) is 39.0 Å². The Bertz CT molecular complexity index is 1690. The second-order valence-electron chi connectivity index (χ2n) is 11.6. The third kappa shape index (κ3) is 7.89. The van der Waals surface area contributed by atoms with Crippen LogP contribution in [-0.4, -0.2) is 85.8 Å². The minimum Gasteiger partial charge on any atom is -0.496 e. The number of aliphatic imine (C=N–C) groups is 1. The number of benzene rings is 2. The maximum Gasteiger partial charge on any atom is 0.336 e. The fourth-order valence-electron chi connectivity index (χ4n) is 6.39. The lowest BCUT2D eigenvalue weighted by atomic mass is 9.73. The summed E-state index contributed by atoms with van der Waals surface area (Å²) in [6, 6.07) is 16.5. The molecule has 252 valence electrons. The van der Waals surface area contributed by atoms with E-state index in [4.69, 9.17) is 42.4 Å². The van der Waals surface area contributed by atoms with Crippen molar-refractivity contribution in [2.75, 3.05) is 47.5 Å². The summed E-state index contributed by atoms with van der Waals surface area (Å²) in [4.78, 5) is 54.2. The quantitative estimate of drug-likeness (QED) is 0.242. The second-order valence-corrected chi connectivity index (χ2v) is 12.4. The van der Waals surface area contributed by atoms with E-state index >= 15 is 0 Å². The summed E-state index contributed by atoms with van der Waals surface area (Å²) >= 11 is 13.5. The molecule has 1 saturated heterocycles. The summed E-state index contributed by atoms with van der Waals surface area (Å²) in [5.74, 6) is -2.93. The van der Waals surface area contributed by atoms with Crippen LogP contribution in [0.4, 0.5) is 0 Å². The molecule has 10 nitrogen and oxygen atoms in total. The number of rotatable bonds is 11. The summed E-state index contributed by atoms with van der Waals surface area (Å²) in [5, 5.41) is 0.509. The van der Waals surface area contributed by atoms with E-state index in [0.29, 0.717) is 56.0 Å². The molecule has 2 aliphatic heterocycles. The average Bonchev–Trinajstić information content (AvgIpc) is 3.10. The zero-order valence-corrected chi connectivity index (χ0v) is 28.7. The Labute approximate surface area is 290 Å². The molecule has 2 aliphatic rings. The highest BCUT2D eigenvalue weighted by molar-refractivity contribution is 6.36. The highest BCUT2D eigenvalue weighted by atomic mass is 35.5. The van der Waals surface area contributed by atoms with Gasteiger partial charge in [-0.2, -0.15) is 0 Å². The van der Waals surface area contributed by atoms with Gasteiger partial charge in [-0.1, -0.05) is 47.5 Å². The van der Waals surface area contributed by atoms with Crippen molar-refractivity contribution in [3.05, 3.63) is 105 Å². The fraction of sp³-hybridized carbons (Fsp3) is 0.361. The molecule has 3 heterocycles. The third-order valence-electron chi connectivity index (χ3n) is 8.81. The Morgan fingerprint density at radius 1 is 0.854 bits per heavy atom. The summed E-state index contributed by atoms with van der Waals surface area (Å²) in [5.41, 5.74) is 3.11. The van der Waals surface area contributed by atoms with Gasteiger partial charge in [0, 0.05) is 66.8 Å². The number of aromatic nitrogens is 1. The standard InChI is InChI=1S/C36H38Cl2N4O6/c1-46-29-10-5-4-7-24(29)11-12-27-32(35(44)47-2)34(31-25(37)8-6-9-26(31)38)33(36(45)48-3)28(40-27)21-30(43)42-19-17-41(18-20-42)22-23-13-15-39-16-14-23/h4-10,13-16,32,34H,11-12,17-22H2,1-3H3. The fourth-order valence-corrected chi connectivity index (χ4v) is 7.02.